The summed E-state index contributed by atoms with van der Waals surface area (Å²) in [6, 6.07) is 10.9. The zero-order valence-corrected chi connectivity index (χ0v) is 13.6. The molecule has 0 aliphatic rings. The second-order valence-electron chi connectivity index (χ2n) is 5.23. The van der Waals surface area contributed by atoms with Gasteiger partial charge in [-0.2, -0.15) is 0 Å². The van der Waals surface area contributed by atoms with Crippen LogP contribution in [0.5, 0.6) is 0 Å². The number of hydrogen-bond donors (Lipinski definition) is 2. The van der Waals surface area contributed by atoms with Crippen LogP contribution in [0.1, 0.15) is 15.9 Å². The molecule has 2 rings (SSSR count). The molecule has 0 saturated heterocycles. The molecule has 0 aromatic heterocycles. The van der Waals surface area contributed by atoms with Crippen LogP contribution in [0.25, 0.3) is 0 Å². The van der Waals surface area contributed by atoms with Crippen molar-refractivity contribution < 1.29 is 27.9 Å². The summed E-state index contributed by atoms with van der Waals surface area (Å²) in [5.41, 5.74) is 0.487. The Kier molecular flexibility index (Phi) is 6.78. The summed E-state index contributed by atoms with van der Waals surface area (Å²) in [6.45, 7) is -0.880. The van der Waals surface area contributed by atoms with E-state index in [1.165, 1.54) is 42.5 Å². The van der Waals surface area contributed by atoms with Crippen LogP contribution in [0.3, 0.4) is 0 Å². The minimum Gasteiger partial charge on any atom is -0.454 e. The lowest BCUT2D eigenvalue weighted by Crippen LogP contribution is -2.34. The third-order valence-electron chi connectivity index (χ3n) is 3.28. The third kappa shape index (κ3) is 5.97. The molecule has 2 aromatic carbocycles. The molecule has 0 aliphatic heterocycles. The maximum Gasteiger partial charge on any atom is 0.325 e. The van der Waals surface area contributed by atoms with Gasteiger partial charge >= 0.3 is 5.97 Å². The van der Waals surface area contributed by atoms with Crippen LogP contribution in [-0.2, 0) is 20.9 Å². The number of nitrogens with one attached hydrogen (secondary N) is 2. The van der Waals surface area contributed by atoms with Crippen LogP contribution in [0, 0.1) is 11.6 Å². The van der Waals surface area contributed by atoms with E-state index in [4.69, 9.17) is 4.74 Å². The molecule has 2 N–H and O–H groups in total. The summed E-state index contributed by atoms with van der Waals surface area (Å²) >= 11 is 0. The molecule has 0 unspecified atom stereocenters. The van der Waals surface area contributed by atoms with Crippen LogP contribution >= 0.6 is 0 Å². The first kappa shape index (κ1) is 19.0. The SMILES string of the molecule is O=C(COC(=O)CNC(=O)c1ccccc1F)NCc1ccc(F)cc1. The average Bonchev–Trinajstić information content (AvgIpc) is 2.64. The van der Waals surface area contributed by atoms with Crippen LogP contribution in [0.4, 0.5) is 8.78 Å². The highest BCUT2D eigenvalue weighted by molar-refractivity contribution is 5.96. The van der Waals surface area contributed by atoms with Crippen molar-refractivity contribution in [2.45, 2.75) is 6.54 Å². The first-order valence-corrected chi connectivity index (χ1v) is 7.65. The fourth-order valence-corrected chi connectivity index (χ4v) is 1.94. The maximum atomic E-state index is 13.4. The summed E-state index contributed by atoms with van der Waals surface area (Å²) in [6.07, 6.45) is 0. The molecular formula is C18H16F2N2O4. The van der Waals surface area contributed by atoms with Gasteiger partial charge in [0.15, 0.2) is 6.61 Å². The minimum absolute atomic E-state index is 0.153. The number of amides is 2. The monoisotopic (exact) mass is 362 g/mol. The predicted octanol–water partition coefficient (Wildman–Crippen LogP) is 1.55. The van der Waals surface area contributed by atoms with Crippen molar-refractivity contribution in [1.82, 2.24) is 10.6 Å². The summed E-state index contributed by atoms with van der Waals surface area (Å²) < 4.78 is 30.9. The lowest BCUT2D eigenvalue weighted by molar-refractivity contribution is -0.147. The topological polar surface area (TPSA) is 84.5 Å². The molecule has 0 heterocycles. The van der Waals surface area contributed by atoms with Gasteiger partial charge in [0, 0.05) is 6.54 Å². The van der Waals surface area contributed by atoms with Gasteiger partial charge in [0.25, 0.3) is 11.8 Å². The summed E-state index contributed by atoms with van der Waals surface area (Å²) in [7, 11) is 0. The molecule has 0 atom stereocenters. The summed E-state index contributed by atoms with van der Waals surface area (Å²) in [5.74, 6) is -3.25. The molecular weight excluding hydrogens is 346 g/mol. The Balaban J connectivity index is 1.68. The number of rotatable bonds is 7. The molecule has 2 aromatic rings. The molecule has 0 radical (unpaired) electrons. The Morgan fingerprint density at radius 1 is 0.923 bits per heavy atom. The van der Waals surface area contributed by atoms with Crippen molar-refractivity contribution >= 4 is 17.8 Å². The predicted molar refractivity (Wildman–Crippen MR) is 87.9 cm³/mol. The highest BCUT2D eigenvalue weighted by Gasteiger charge is 2.13. The minimum atomic E-state index is -0.841. The van der Waals surface area contributed by atoms with Gasteiger partial charge in [-0.1, -0.05) is 24.3 Å². The highest BCUT2D eigenvalue weighted by atomic mass is 19.1. The standard InChI is InChI=1S/C18H16F2N2O4/c19-13-7-5-12(6-8-13)9-21-16(23)11-26-17(24)10-22-18(25)14-3-1-2-4-15(14)20/h1-8H,9-11H2,(H,21,23)(H,22,25). The van der Waals surface area contributed by atoms with Crippen molar-refractivity contribution in [1.29, 1.82) is 0 Å². The molecule has 2 amide bonds. The number of carbonyl (C=O) groups excluding carboxylic acids is 3. The first-order valence-electron chi connectivity index (χ1n) is 7.65. The van der Waals surface area contributed by atoms with Crippen LogP contribution in [-0.4, -0.2) is 30.9 Å². The van der Waals surface area contributed by atoms with Gasteiger partial charge in [0.05, 0.1) is 5.56 Å². The Labute approximate surface area is 148 Å². The average molecular weight is 362 g/mol. The number of halogens is 2. The van der Waals surface area contributed by atoms with E-state index in [0.29, 0.717) is 5.56 Å². The second-order valence-corrected chi connectivity index (χ2v) is 5.23. The van der Waals surface area contributed by atoms with Crippen molar-refractivity contribution in [2.75, 3.05) is 13.2 Å². The van der Waals surface area contributed by atoms with Crippen LogP contribution in [0.15, 0.2) is 48.5 Å². The van der Waals surface area contributed by atoms with E-state index in [2.05, 4.69) is 10.6 Å². The van der Waals surface area contributed by atoms with Crippen molar-refractivity contribution in [3.05, 3.63) is 71.3 Å². The zero-order chi connectivity index (χ0) is 18.9. The molecule has 6 nitrogen and oxygen atoms in total. The Morgan fingerprint density at radius 2 is 1.62 bits per heavy atom. The normalized spacial score (nSPS) is 10.1. The van der Waals surface area contributed by atoms with E-state index in [9.17, 15) is 23.2 Å². The van der Waals surface area contributed by atoms with Crippen LogP contribution in [0.2, 0.25) is 0 Å². The largest absolute Gasteiger partial charge is 0.454 e. The zero-order valence-electron chi connectivity index (χ0n) is 13.6. The van der Waals surface area contributed by atoms with Crippen molar-refractivity contribution in [3.8, 4) is 0 Å². The Hall–Kier alpha value is -3.29. The van der Waals surface area contributed by atoms with Crippen LogP contribution < -0.4 is 10.6 Å². The fourth-order valence-electron chi connectivity index (χ4n) is 1.94. The molecule has 0 bridgehead atoms. The smallest absolute Gasteiger partial charge is 0.325 e. The number of ether oxygens (including phenoxy) is 1. The van der Waals surface area contributed by atoms with Gasteiger partial charge in [-0.05, 0) is 29.8 Å². The molecule has 26 heavy (non-hydrogen) atoms. The Morgan fingerprint density at radius 3 is 2.31 bits per heavy atom. The van der Waals surface area contributed by atoms with Gasteiger partial charge in [0.1, 0.15) is 18.2 Å². The van der Waals surface area contributed by atoms with Crippen molar-refractivity contribution in [2.24, 2.45) is 0 Å². The first-order chi connectivity index (χ1) is 12.5. The number of hydrogen-bond acceptors (Lipinski definition) is 4. The Bertz CT molecular complexity index is 794. The van der Waals surface area contributed by atoms with Gasteiger partial charge in [-0.3, -0.25) is 14.4 Å². The fraction of sp³-hybridized carbons (Fsp3) is 0.167. The van der Waals surface area contributed by atoms with Crippen molar-refractivity contribution in [3.63, 3.8) is 0 Å². The molecule has 8 heteroatoms. The van der Waals surface area contributed by atoms with Gasteiger partial charge in [-0.15, -0.1) is 0 Å². The van der Waals surface area contributed by atoms with E-state index in [1.54, 1.807) is 0 Å². The molecule has 0 saturated carbocycles. The van der Waals surface area contributed by atoms with Gasteiger partial charge in [0.2, 0.25) is 0 Å². The quantitative estimate of drug-likeness (QED) is 0.732. The highest BCUT2D eigenvalue weighted by Crippen LogP contribution is 2.05. The number of esters is 1. The summed E-state index contributed by atoms with van der Waals surface area (Å²) in [5, 5.41) is 4.70. The third-order valence-corrected chi connectivity index (χ3v) is 3.28. The van der Waals surface area contributed by atoms with E-state index >= 15 is 0 Å². The summed E-state index contributed by atoms with van der Waals surface area (Å²) in [4.78, 5) is 34.8. The van der Waals surface area contributed by atoms with E-state index in [1.807, 2.05) is 0 Å². The lowest BCUT2D eigenvalue weighted by Gasteiger charge is -2.08. The van der Waals surface area contributed by atoms with E-state index < -0.39 is 36.8 Å². The molecule has 0 aliphatic carbocycles. The molecule has 136 valence electrons. The number of carbonyl (C=O) groups is 3. The second kappa shape index (κ2) is 9.26. The molecule has 0 spiro atoms. The number of benzene rings is 2. The van der Waals surface area contributed by atoms with E-state index in [-0.39, 0.29) is 17.9 Å². The molecule has 0 fully saturated rings. The van der Waals surface area contributed by atoms with E-state index in [0.717, 1.165) is 6.07 Å². The van der Waals surface area contributed by atoms with Gasteiger partial charge < -0.3 is 15.4 Å². The van der Waals surface area contributed by atoms with Gasteiger partial charge in [-0.25, -0.2) is 8.78 Å². The maximum absolute atomic E-state index is 13.4. The lowest BCUT2D eigenvalue weighted by atomic mass is 10.2.